The van der Waals surface area contributed by atoms with Crippen molar-refractivity contribution in [3.8, 4) is 0 Å². The van der Waals surface area contributed by atoms with E-state index in [1.807, 2.05) is 0 Å². The van der Waals surface area contributed by atoms with E-state index in [-0.39, 0.29) is 0 Å². The Morgan fingerprint density at radius 2 is 1.86 bits per heavy atom. The molecule has 0 saturated carbocycles. The van der Waals surface area contributed by atoms with E-state index in [0.717, 1.165) is 36.6 Å². The zero-order chi connectivity index (χ0) is 15.1. The number of aromatic nitrogens is 4. The molecule has 114 valence electrons. The van der Waals surface area contributed by atoms with Gasteiger partial charge in [-0.2, -0.15) is 4.98 Å². The maximum absolute atomic E-state index is 4.96. The molecule has 21 heavy (non-hydrogen) atoms. The van der Waals surface area contributed by atoms with Crippen molar-refractivity contribution in [1.29, 1.82) is 0 Å². The van der Waals surface area contributed by atoms with E-state index in [2.05, 4.69) is 44.6 Å². The molecular formula is C14H22N6O. The van der Waals surface area contributed by atoms with Crippen molar-refractivity contribution < 1.29 is 4.52 Å². The van der Waals surface area contributed by atoms with Gasteiger partial charge < -0.3 is 15.2 Å². The first-order chi connectivity index (χ1) is 10.2. The van der Waals surface area contributed by atoms with Crippen LogP contribution in [0, 0.1) is 6.92 Å². The summed E-state index contributed by atoms with van der Waals surface area (Å²) in [5, 5.41) is 10.5. The molecule has 0 saturated heterocycles. The average molecular weight is 290 g/mol. The summed E-state index contributed by atoms with van der Waals surface area (Å²) in [5.41, 5.74) is 1.13. The zero-order valence-corrected chi connectivity index (χ0v) is 12.8. The molecule has 7 heteroatoms. The Hall–Kier alpha value is -2.18. The third-order valence-electron chi connectivity index (χ3n) is 3.00. The molecule has 0 atom stereocenters. The maximum Gasteiger partial charge on any atom is 0.223 e. The molecule has 0 unspecified atom stereocenters. The third-order valence-corrected chi connectivity index (χ3v) is 3.00. The van der Waals surface area contributed by atoms with Crippen LogP contribution < -0.4 is 10.6 Å². The van der Waals surface area contributed by atoms with Crippen LogP contribution in [0.25, 0.3) is 0 Å². The minimum Gasteiger partial charge on any atom is -0.370 e. The number of nitrogens with zero attached hydrogens (tertiary/aromatic N) is 4. The Kier molecular flexibility index (Phi) is 5.48. The third kappa shape index (κ3) is 4.14. The first-order valence-corrected chi connectivity index (χ1v) is 7.35. The van der Waals surface area contributed by atoms with Gasteiger partial charge in [0.25, 0.3) is 0 Å². The van der Waals surface area contributed by atoms with E-state index in [1.54, 1.807) is 13.3 Å². The SMILES string of the molecule is CCCc1c(NCC)ncnc1NCCc1noc(C)n1. The fourth-order valence-corrected chi connectivity index (χ4v) is 2.11. The molecule has 7 nitrogen and oxygen atoms in total. The molecule has 0 aliphatic heterocycles. The summed E-state index contributed by atoms with van der Waals surface area (Å²) < 4.78 is 4.96. The van der Waals surface area contributed by atoms with Crippen molar-refractivity contribution >= 4 is 11.6 Å². The molecular weight excluding hydrogens is 268 g/mol. The van der Waals surface area contributed by atoms with Crippen molar-refractivity contribution in [3.63, 3.8) is 0 Å². The Labute approximate surface area is 124 Å². The summed E-state index contributed by atoms with van der Waals surface area (Å²) >= 11 is 0. The fraction of sp³-hybridized carbons (Fsp3) is 0.571. The fourth-order valence-electron chi connectivity index (χ4n) is 2.11. The van der Waals surface area contributed by atoms with Crippen LogP contribution in [0.15, 0.2) is 10.9 Å². The van der Waals surface area contributed by atoms with Crippen molar-refractivity contribution in [2.45, 2.75) is 40.0 Å². The van der Waals surface area contributed by atoms with Crippen LogP contribution >= 0.6 is 0 Å². The molecule has 2 N–H and O–H groups in total. The minimum atomic E-state index is 0.591. The Morgan fingerprint density at radius 1 is 1.10 bits per heavy atom. The molecule has 0 amide bonds. The Morgan fingerprint density at radius 3 is 2.48 bits per heavy atom. The molecule has 0 radical (unpaired) electrons. The summed E-state index contributed by atoms with van der Waals surface area (Å²) in [6.07, 6.45) is 4.26. The van der Waals surface area contributed by atoms with Gasteiger partial charge >= 0.3 is 0 Å². The Bertz CT molecular complexity index is 568. The van der Waals surface area contributed by atoms with Gasteiger partial charge in [-0.05, 0) is 13.3 Å². The van der Waals surface area contributed by atoms with Gasteiger partial charge in [0.05, 0.1) is 0 Å². The van der Waals surface area contributed by atoms with Gasteiger partial charge in [-0.1, -0.05) is 18.5 Å². The summed E-state index contributed by atoms with van der Waals surface area (Å²) in [6.45, 7) is 7.54. The van der Waals surface area contributed by atoms with Crippen LogP contribution in [0.2, 0.25) is 0 Å². The Balaban J connectivity index is 2.02. The lowest BCUT2D eigenvalue weighted by atomic mass is 10.1. The van der Waals surface area contributed by atoms with E-state index in [0.29, 0.717) is 24.7 Å². The zero-order valence-electron chi connectivity index (χ0n) is 12.8. The second-order valence-corrected chi connectivity index (χ2v) is 4.74. The second kappa shape index (κ2) is 7.56. The van der Waals surface area contributed by atoms with Crippen LogP contribution in [0.1, 0.15) is 37.5 Å². The highest BCUT2D eigenvalue weighted by Crippen LogP contribution is 2.21. The lowest BCUT2D eigenvalue weighted by Gasteiger charge is -2.14. The highest BCUT2D eigenvalue weighted by molar-refractivity contribution is 5.57. The number of anilines is 2. The average Bonchev–Trinajstić information content (AvgIpc) is 2.88. The van der Waals surface area contributed by atoms with Crippen LogP contribution in [-0.4, -0.2) is 33.2 Å². The van der Waals surface area contributed by atoms with Crippen LogP contribution in [0.3, 0.4) is 0 Å². The van der Waals surface area contributed by atoms with E-state index in [1.165, 1.54) is 0 Å². The number of hydrogen-bond donors (Lipinski definition) is 2. The maximum atomic E-state index is 4.96. The normalized spacial score (nSPS) is 10.6. The van der Waals surface area contributed by atoms with Crippen molar-refractivity contribution in [2.24, 2.45) is 0 Å². The van der Waals surface area contributed by atoms with E-state index >= 15 is 0 Å². The second-order valence-electron chi connectivity index (χ2n) is 4.74. The smallest absolute Gasteiger partial charge is 0.223 e. The van der Waals surface area contributed by atoms with E-state index in [9.17, 15) is 0 Å². The van der Waals surface area contributed by atoms with Gasteiger partial charge in [0, 0.05) is 32.0 Å². The molecule has 0 aliphatic rings. The minimum absolute atomic E-state index is 0.591. The van der Waals surface area contributed by atoms with Crippen LogP contribution in [0.4, 0.5) is 11.6 Å². The quantitative estimate of drug-likeness (QED) is 0.770. The molecule has 0 aromatic carbocycles. The topological polar surface area (TPSA) is 88.8 Å². The summed E-state index contributed by atoms with van der Waals surface area (Å²) in [7, 11) is 0. The lowest BCUT2D eigenvalue weighted by Crippen LogP contribution is -2.12. The molecule has 0 aliphatic carbocycles. The lowest BCUT2D eigenvalue weighted by molar-refractivity contribution is 0.387. The standard InChI is InChI=1S/C14H22N6O/c1-4-6-11-13(15-5-2)17-9-18-14(11)16-8-7-12-19-10(3)21-20-12/h9H,4-8H2,1-3H3,(H2,15,16,17,18). The summed E-state index contributed by atoms with van der Waals surface area (Å²) in [5.74, 6) is 3.08. The van der Waals surface area contributed by atoms with Gasteiger partial charge in [-0.15, -0.1) is 0 Å². The number of hydrogen-bond acceptors (Lipinski definition) is 7. The first-order valence-electron chi connectivity index (χ1n) is 7.35. The molecule has 2 rings (SSSR count). The predicted molar refractivity (Wildman–Crippen MR) is 81.4 cm³/mol. The molecule has 2 aromatic rings. The number of rotatable bonds is 8. The van der Waals surface area contributed by atoms with Gasteiger partial charge in [0.1, 0.15) is 18.0 Å². The first kappa shape index (κ1) is 15.2. The van der Waals surface area contributed by atoms with Crippen LogP contribution in [0.5, 0.6) is 0 Å². The largest absolute Gasteiger partial charge is 0.370 e. The van der Waals surface area contributed by atoms with Gasteiger partial charge in [0.15, 0.2) is 5.82 Å². The van der Waals surface area contributed by atoms with Gasteiger partial charge in [-0.25, -0.2) is 9.97 Å². The molecule has 2 heterocycles. The van der Waals surface area contributed by atoms with E-state index in [4.69, 9.17) is 4.52 Å². The highest BCUT2D eigenvalue weighted by atomic mass is 16.5. The molecule has 0 fully saturated rings. The highest BCUT2D eigenvalue weighted by Gasteiger charge is 2.10. The van der Waals surface area contributed by atoms with Gasteiger partial charge in [0.2, 0.25) is 5.89 Å². The monoisotopic (exact) mass is 290 g/mol. The summed E-state index contributed by atoms with van der Waals surface area (Å²) in [6, 6.07) is 0. The van der Waals surface area contributed by atoms with Gasteiger partial charge in [-0.3, -0.25) is 0 Å². The van der Waals surface area contributed by atoms with E-state index < -0.39 is 0 Å². The molecule has 0 bridgehead atoms. The van der Waals surface area contributed by atoms with Crippen molar-refractivity contribution in [2.75, 3.05) is 23.7 Å². The summed E-state index contributed by atoms with van der Waals surface area (Å²) in [4.78, 5) is 12.9. The number of nitrogens with one attached hydrogen (secondary N) is 2. The van der Waals surface area contributed by atoms with Crippen LogP contribution in [-0.2, 0) is 12.8 Å². The molecule has 0 spiro atoms. The number of aryl methyl sites for hydroxylation is 1. The van der Waals surface area contributed by atoms with Crippen molar-refractivity contribution in [3.05, 3.63) is 23.6 Å². The molecule has 2 aromatic heterocycles. The predicted octanol–water partition coefficient (Wildman–Crippen LogP) is 2.21. The van der Waals surface area contributed by atoms with Crippen molar-refractivity contribution in [1.82, 2.24) is 20.1 Å².